The Hall–Kier alpha value is -2.61. The van der Waals surface area contributed by atoms with E-state index in [-0.39, 0.29) is 0 Å². The topological polar surface area (TPSA) is 17.8 Å². The van der Waals surface area contributed by atoms with E-state index in [1.54, 1.807) is 0 Å². The number of nitrogens with zero attached hydrogens (tertiary/aromatic N) is 2. The summed E-state index contributed by atoms with van der Waals surface area (Å²) < 4.78 is 2.23. The van der Waals surface area contributed by atoms with Crippen molar-refractivity contribution in [1.29, 1.82) is 0 Å². The fraction of sp³-hybridized carbons (Fsp3) is 0.0556. The number of para-hydroxylation sites is 1. The summed E-state index contributed by atoms with van der Waals surface area (Å²) in [6, 6.07) is 21.1. The molecule has 0 radical (unpaired) electrons. The lowest BCUT2D eigenvalue weighted by Gasteiger charge is -2.06. The molecule has 0 aliphatic rings. The van der Waals surface area contributed by atoms with Gasteiger partial charge >= 0.3 is 0 Å². The van der Waals surface area contributed by atoms with Crippen molar-refractivity contribution in [1.82, 2.24) is 9.55 Å². The Morgan fingerprint density at radius 3 is 2.55 bits per heavy atom. The fourth-order valence-corrected chi connectivity index (χ4v) is 2.80. The number of rotatable bonds is 1. The van der Waals surface area contributed by atoms with Gasteiger partial charge in [0.25, 0.3) is 0 Å². The van der Waals surface area contributed by atoms with E-state index in [1.165, 1.54) is 21.9 Å². The summed E-state index contributed by atoms with van der Waals surface area (Å²) in [5.74, 6) is 0. The van der Waals surface area contributed by atoms with Gasteiger partial charge in [0.05, 0.1) is 5.52 Å². The Bertz CT molecular complexity index is 905. The summed E-state index contributed by atoms with van der Waals surface area (Å²) in [5.41, 5.74) is 4.64. The van der Waals surface area contributed by atoms with Gasteiger partial charge < -0.3 is 0 Å². The molecule has 0 aliphatic heterocycles. The van der Waals surface area contributed by atoms with E-state index in [1.807, 2.05) is 18.3 Å². The third-order valence-electron chi connectivity index (χ3n) is 3.70. The number of aryl methyl sites for hydroxylation is 1. The van der Waals surface area contributed by atoms with Crippen LogP contribution in [0.15, 0.2) is 66.9 Å². The average Bonchev–Trinajstić information content (AvgIpc) is 2.82. The monoisotopic (exact) mass is 258 g/mol. The molecule has 20 heavy (non-hydrogen) atoms. The normalized spacial score (nSPS) is 11.2. The van der Waals surface area contributed by atoms with E-state index in [0.717, 1.165) is 11.3 Å². The van der Waals surface area contributed by atoms with Crippen LogP contribution in [0.4, 0.5) is 0 Å². The molecule has 2 heterocycles. The zero-order chi connectivity index (χ0) is 13.5. The van der Waals surface area contributed by atoms with Crippen LogP contribution >= 0.6 is 0 Å². The second-order valence-corrected chi connectivity index (χ2v) is 5.07. The zero-order valence-electron chi connectivity index (χ0n) is 11.2. The molecule has 0 N–H and O–H groups in total. The zero-order valence-corrected chi connectivity index (χ0v) is 11.2. The molecular weight excluding hydrogens is 244 g/mol. The van der Waals surface area contributed by atoms with Crippen molar-refractivity contribution in [3.05, 3.63) is 72.4 Å². The molecule has 0 saturated carbocycles. The van der Waals surface area contributed by atoms with E-state index in [0.29, 0.717) is 0 Å². The molecule has 0 aliphatic carbocycles. The van der Waals surface area contributed by atoms with Gasteiger partial charge in [-0.3, -0.25) is 4.57 Å². The van der Waals surface area contributed by atoms with Crippen LogP contribution in [0.3, 0.4) is 0 Å². The molecule has 4 rings (SSSR count). The first-order valence-electron chi connectivity index (χ1n) is 6.76. The highest BCUT2D eigenvalue weighted by atomic mass is 15.0. The highest BCUT2D eigenvalue weighted by Gasteiger charge is 2.12. The summed E-state index contributed by atoms with van der Waals surface area (Å²) >= 11 is 0. The third-order valence-corrected chi connectivity index (χ3v) is 3.70. The minimum absolute atomic E-state index is 1.01. The summed E-state index contributed by atoms with van der Waals surface area (Å²) in [7, 11) is 0. The Balaban J connectivity index is 2.22. The lowest BCUT2D eigenvalue weighted by Crippen LogP contribution is -1.94. The van der Waals surface area contributed by atoms with Crippen LogP contribution in [0.1, 0.15) is 5.56 Å². The van der Waals surface area contributed by atoms with Crippen molar-refractivity contribution in [2.75, 3.05) is 0 Å². The van der Waals surface area contributed by atoms with Gasteiger partial charge in [-0.2, -0.15) is 0 Å². The Morgan fingerprint density at radius 2 is 1.70 bits per heavy atom. The van der Waals surface area contributed by atoms with Gasteiger partial charge in [-0.15, -0.1) is 0 Å². The van der Waals surface area contributed by atoms with E-state index < -0.39 is 0 Å². The summed E-state index contributed by atoms with van der Waals surface area (Å²) in [6.45, 7) is 2.13. The Kier molecular flexibility index (Phi) is 2.36. The van der Waals surface area contributed by atoms with Gasteiger partial charge in [-0.25, -0.2) is 4.98 Å². The van der Waals surface area contributed by atoms with Crippen LogP contribution in [0.5, 0.6) is 0 Å². The number of aromatic nitrogens is 2. The van der Waals surface area contributed by atoms with Crippen molar-refractivity contribution < 1.29 is 0 Å². The largest absolute Gasteiger partial charge is 0.294 e. The highest BCUT2D eigenvalue weighted by Crippen LogP contribution is 2.30. The molecule has 0 amide bonds. The van der Waals surface area contributed by atoms with Gasteiger partial charge in [0.2, 0.25) is 0 Å². The molecule has 2 aromatic heterocycles. The quantitative estimate of drug-likeness (QED) is 0.492. The van der Waals surface area contributed by atoms with E-state index in [4.69, 9.17) is 0 Å². The van der Waals surface area contributed by atoms with E-state index in [9.17, 15) is 0 Å². The maximum Gasteiger partial charge on any atom is 0.145 e. The van der Waals surface area contributed by atoms with E-state index in [2.05, 4.69) is 65.0 Å². The molecule has 96 valence electrons. The van der Waals surface area contributed by atoms with Crippen molar-refractivity contribution >= 4 is 21.9 Å². The average molecular weight is 258 g/mol. The molecule has 4 aromatic rings. The molecule has 0 spiro atoms. The number of fused-ring (bicyclic) bond motifs is 3. The molecule has 0 saturated heterocycles. The number of hydrogen-bond donors (Lipinski definition) is 0. The van der Waals surface area contributed by atoms with Gasteiger partial charge in [0.15, 0.2) is 0 Å². The van der Waals surface area contributed by atoms with Crippen LogP contribution in [-0.2, 0) is 0 Å². The first-order valence-corrected chi connectivity index (χ1v) is 6.76. The Labute approximate surface area is 117 Å². The van der Waals surface area contributed by atoms with Crippen molar-refractivity contribution in [3.8, 4) is 5.69 Å². The maximum absolute atomic E-state index is 4.59. The number of pyridine rings is 1. The van der Waals surface area contributed by atoms with Crippen LogP contribution in [0.25, 0.3) is 27.6 Å². The molecule has 2 aromatic carbocycles. The summed E-state index contributed by atoms with van der Waals surface area (Å²) in [6.07, 6.45) is 1.85. The van der Waals surface area contributed by atoms with Crippen molar-refractivity contribution in [2.45, 2.75) is 6.92 Å². The first kappa shape index (κ1) is 11.2. The van der Waals surface area contributed by atoms with Crippen LogP contribution in [0, 0.1) is 6.92 Å². The van der Waals surface area contributed by atoms with Gasteiger partial charge in [0, 0.05) is 22.7 Å². The van der Waals surface area contributed by atoms with E-state index >= 15 is 0 Å². The predicted octanol–water partition coefficient (Wildman–Crippen LogP) is 4.49. The summed E-state index contributed by atoms with van der Waals surface area (Å²) in [4.78, 5) is 4.59. The van der Waals surface area contributed by atoms with Crippen molar-refractivity contribution in [3.63, 3.8) is 0 Å². The van der Waals surface area contributed by atoms with Gasteiger partial charge in [-0.05, 0) is 43.3 Å². The second-order valence-electron chi connectivity index (χ2n) is 5.07. The molecule has 2 heteroatoms. The predicted molar refractivity (Wildman–Crippen MR) is 83.3 cm³/mol. The minimum Gasteiger partial charge on any atom is -0.294 e. The first-order chi connectivity index (χ1) is 9.84. The minimum atomic E-state index is 1.01. The highest BCUT2D eigenvalue weighted by molar-refractivity contribution is 6.08. The fourth-order valence-electron chi connectivity index (χ4n) is 2.80. The Morgan fingerprint density at radius 1 is 0.850 bits per heavy atom. The number of benzene rings is 2. The second kappa shape index (κ2) is 4.20. The smallest absolute Gasteiger partial charge is 0.145 e. The molecule has 2 nitrogen and oxygen atoms in total. The molecule has 0 bridgehead atoms. The SMILES string of the molecule is Cc1ccc2c(c1)c1cccnc1n2-c1ccccc1. The molecule has 0 atom stereocenters. The van der Waals surface area contributed by atoms with Crippen molar-refractivity contribution in [2.24, 2.45) is 0 Å². The van der Waals surface area contributed by atoms with Crippen LogP contribution in [-0.4, -0.2) is 9.55 Å². The third kappa shape index (κ3) is 1.55. The summed E-state index contributed by atoms with van der Waals surface area (Å²) in [5, 5.41) is 2.46. The molecule has 0 unspecified atom stereocenters. The lowest BCUT2D eigenvalue weighted by molar-refractivity contribution is 1.13. The lowest BCUT2D eigenvalue weighted by atomic mass is 10.1. The molecule has 0 fully saturated rings. The molecular formula is C18H14N2. The van der Waals surface area contributed by atoms with Gasteiger partial charge in [-0.1, -0.05) is 29.8 Å². The van der Waals surface area contributed by atoms with Gasteiger partial charge in [0.1, 0.15) is 5.65 Å². The maximum atomic E-state index is 4.59. The standard InChI is InChI=1S/C18H14N2/c1-13-9-10-17-16(12-13)15-8-5-11-19-18(15)20(17)14-6-3-2-4-7-14/h2-12H,1H3. The van der Waals surface area contributed by atoms with Crippen LogP contribution < -0.4 is 0 Å². The number of hydrogen-bond acceptors (Lipinski definition) is 1. The van der Waals surface area contributed by atoms with Crippen LogP contribution in [0.2, 0.25) is 0 Å².